The molecule has 1 amide bonds. The van der Waals surface area contributed by atoms with Gasteiger partial charge in [-0.25, -0.2) is 14.6 Å². The molecule has 1 atom stereocenters. The van der Waals surface area contributed by atoms with E-state index in [-0.39, 0.29) is 36.5 Å². The number of pyridine rings is 1. The second kappa shape index (κ2) is 7.06. The van der Waals surface area contributed by atoms with E-state index < -0.39 is 30.4 Å². The summed E-state index contributed by atoms with van der Waals surface area (Å²) in [5.74, 6) is -0.637. The number of hydrogen-bond acceptors (Lipinski definition) is 5. The van der Waals surface area contributed by atoms with Crippen LogP contribution in [0.2, 0.25) is 0 Å². The number of carbonyl (C=O) groups is 1. The van der Waals surface area contributed by atoms with Gasteiger partial charge in [0.05, 0.1) is 17.9 Å². The molecule has 0 bridgehead atoms. The second-order valence-corrected chi connectivity index (χ2v) is 6.35. The van der Waals surface area contributed by atoms with Gasteiger partial charge in [0.15, 0.2) is 5.65 Å². The summed E-state index contributed by atoms with van der Waals surface area (Å²) in [6, 6.07) is 0.855. The van der Waals surface area contributed by atoms with Gasteiger partial charge in [-0.3, -0.25) is 9.20 Å². The van der Waals surface area contributed by atoms with Gasteiger partial charge in [0.2, 0.25) is 0 Å². The summed E-state index contributed by atoms with van der Waals surface area (Å²) in [5, 5.41) is 3.83. The number of halogens is 5. The average Bonchev–Trinajstić information content (AvgIpc) is 3.39. The number of alkyl halides is 5. The zero-order valence-electron chi connectivity index (χ0n) is 14.6. The van der Waals surface area contributed by atoms with Gasteiger partial charge in [-0.05, 0) is 12.5 Å². The van der Waals surface area contributed by atoms with E-state index in [2.05, 4.69) is 19.8 Å². The van der Waals surface area contributed by atoms with Gasteiger partial charge in [-0.2, -0.15) is 27.1 Å². The molecule has 0 aliphatic carbocycles. The Bertz CT molecular complexity index is 1030. The van der Waals surface area contributed by atoms with Crippen LogP contribution in [0.25, 0.3) is 11.3 Å². The molecule has 0 radical (unpaired) electrons. The molecular formula is C16H13F5N6O2. The lowest BCUT2D eigenvalue weighted by atomic mass is 10.2. The van der Waals surface area contributed by atoms with Crippen molar-refractivity contribution in [3.05, 3.63) is 42.4 Å². The van der Waals surface area contributed by atoms with Crippen molar-refractivity contribution in [2.75, 3.05) is 13.1 Å². The number of fused-ring (bicyclic) bond motifs is 1. The summed E-state index contributed by atoms with van der Waals surface area (Å²) in [6.45, 7) is -2.92. The first-order valence-electron chi connectivity index (χ1n) is 8.40. The molecule has 154 valence electrons. The summed E-state index contributed by atoms with van der Waals surface area (Å²) >= 11 is 0. The molecule has 4 rings (SSSR count). The fraction of sp³-hybridized carbons (Fsp3) is 0.375. The Morgan fingerprint density at radius 3 is 2.76 bits per heavy atom. The highest BCUT2D eigenvalue weighted by molar-refractivity contribution is 5.94. The Kier molecular flexibility index (Phi) is 4.68. The van der Waals surface area contributed by atoms with Crippen molar-refractivity contribution in [1.82, 2.24) is 29.0 Å². The van der Waals surface area contributed by atoms with Crippen LogP contribution in [0.15, 0.2) is 31.1 Å². The molecule has 29 heavy (non-hydrogen) atoms. The van der Waals surface area contributed by atoms with Crippen LogP contribution in [0.5, 0.6) is 0 Å². The van der Waals surface area contributed by atoms with Gasteiger partial charge in [-0.1, -0.05) is 0 Å². The van der Waals surface area contributed by atoms with Crippen molar-refractivity contribution in [2.24, 2.45) is 0 Å². The summed E-state index contributed by atoms with van der Waals surface area (Å²) in [7, 11) is 0. The normalized spacial score (nSPS) is 17.6. The standard InChI is InChI=1S/C16H13F5N6O2/c17-15(18)29-10-1-2-25(6-10)14(28)12-4-23-13-11(27-8-22-7-24-27)3-9(5-26(12)13)16(19,20)21/h3-5,7-8,10,15H,1-2,6H2/t10-/m0/s1. The summed E-state index contributed by atoms with van der Waals surface area (Å²) < 4.78 is 71.4. The first-order chi connectivity index (χ1) is 13.7. The monoisotopic (exact) mass is 416 g/mol. The maximum absolute atomic E-state index is 13.4. The highest BCUT2D eigenvalue weighted by atomic mass is 19.4. The van der Waals surface area contributed by atoms with E-state index in [0.717, 1.165) is 33.9 Å². The number of imidazole rings is 1. The number of ether oxygens (including phenoxy) is 1. The third-order valence-corrected chi connectivity index (χ3v) is 4.53. The van der Waals surface area contributed by atoms with Gasteiger partial charge in [0.1, 0.15) is 24.0 Å². The summed E-state index contributed by atoms with van der Waals surface area (Å²) in [4.78, 5) is 21.8. The van der Waals surface area contributed by atoms with E-state index in [9.17, 15) is 26.7 Å². The third-order valence-electron chi connectivity index (χ3n) is 4.53. The lowest BCUT2D eigenvalue weighted by Crippen LogP contribution is -2.31. The Labute approximate surface area is 159 Å². The molecule has 1 aliphatic rings. The minimum absolute atomic E-state index is 0.0169. The molecule has 0 aromatic carbocycles. The van der Waals surface area contributed by atoms with Crippen molar-refractivity contribution in [3.63, 3.8) is 0 Å². The molecule has 1 fully saturated rings. The van der Waals surface area contributed by atoms with E-state index in [1.807, 2.05) is 0 Å². The van der Waals surface area contributed by atoms with Gasteiger partial charge < -0.3 is 9.64 Å². The number of amides is 1. The minimum Gasteiger partial charge on any atom is -0.335 e. The lowest BCUT2D eigenvalue weighted by Gasteiger charge is -2.17. The predicted octanol–water partition coefficient (Wildman–Crippen LogP) is 2.39. The molecule has 0 N–H and O–H groups in total. The van der Waals surface area contributed by atoms with Crippen LogP contribution in [0.1, 0.15) is 22.5 Å². The molecule has 1 saturated heterocycles. The fourth-order valence-electron chi connectivity index (χ4n) is 3.21. The van der Waals surface area contributed by atoms with E-state index in [4.69, 9.17) is 0 Å². The number of hydrogen-bond donors (Lipinski definition) is 0. The van der Waals surface area contributed by atoms with Gasteiger partial charge >= 0.3 is 12.8 Å². The van der Waals surface area contributed by atoms with Crippen molar-refractivity contribution >= 4 is 11.6 Å². The highest BCUT2D eigenvalue weighted by Gasteiger charge is 2.34. The van der Waals surface area contributed by atoms with Crippen molar-refractivity contribution in [3.8, 4) is 5.69 Å². The SMILES string of the molecule is O=C(c1cnc2c(-n3cncn3)cc(C(F)(F)F)cn12)N1CC[C@H](OC(F)F)C1. The highest BCUT2D eigenvalue weighted by Crippen LogP contribution is 2.32. The van der Waals surface area contributed by atoms with Crippen LogP contribution in [0, 0.1) is 0 Å². The van der Waals surface area contributed by atoms with Crippen LogP contribution < -0.4 is 0 Å². The molecule has 3 aromatic rings. The largest absolute Gasteiger partial charge is 0.417 e. The molecule has 1 aliphatic heterocycles. The Morgan fingerprint density at radius 2 is 2.10 bits per heavy atom. The maximum atomic E-state index is 13.4. The number of rotatable bonds is 4. The van der Waals surface area contributed by atoms with Crippen LogP contribution >= 0.6 is 0 Å². The second-order valence-electron chi connectivity index (χ2n) is 6.35. The van der Waals surface area contributed by atoms with E-state index >= 15 is 0 Å². The Balaban J connectivity index is 1.74. The first kappa shape index (κ1) is 19.2. The molecule has 0 saturated carbocycles. The molecular weight excluding hydrogens is 403 g/mol. The minimum atomic E-state index is -4.68. The zero-order chi connectivity index (χ0) is 20.8. The van der Waals surface area contributed by atoms with Crippen LogP contribution in [-0.2, 0) is 10.9 Å². The molecule has 3 aromatic heterocycles. The van der Waals surface area contributed by atoms with E-state index in [1.54, 1.807) is 0 Å². The van der Waals surface area contributed by atoms with Crippen molar-refractivity contribution < 1.29 is 31.5 Å². The number of nitrogens with zero attached hydrogens (tertiary/aromatic N) is 6. The zero-order valence-corrected chi connectivity index (χ0v) is 14.6. The van der Waals surface area contributed by atoms with Crippen molar-refractivity contribution in [2.45, 2.75) is 25.3 Å². The van der Waals surface area contributed by atoms with Crippen LogP contribution in [0.3, 0.4) is 0 Å². The fourth-order valence-corrected chi connectivity index (χ4v) is 3.21. The van der Waals surface area contributed by atoms with Crippen LogP contribution in [0.4, 0.5) is 22.0 Å². The number of carbonyl (C=O) groups excluding carboxylic acids is 1. The third kappa shape index (κ3) is 3.64. The Morgan fingerprint density at radius 1 is 1.31 bits per heavy atom. The molecule has 4 heterocycles. The average molecular weight is 416 g/mol. The van der Waals surface area contributed by atoms with Crippen LogP contribution in [-0.4, -0.2) is 60.8 Å². The molecule has 13 heteroatoms. The van der Waals surface area contributed by atoms with Gasteiger partial charge in [0.25, 0.3) is 5.91 Å². The topological polar surface area (TPSA) is 77.5 Å². The quantitative estimate of drug-likeness (QED) is 0.611. The maximum Gasteiger partial charge on any atom is 0.417 e. The van der Waals surface area contributed by atoms with E-state index in [1.165, 1.54) is 11.2 Å². The summed E-state index contributed by atoms with van der Waals surface area (Å²) in [6.07, 6.45) is -1.06. The van der Waals surface area contributed by atoms with E-state index in [0.29, 0.717) is 0 Å². The van der Waals surface area contributed by atoms with Gasteiger partial charge in [0, 0.05) is 19.3 Å². The lowest BCUT2D eigenvalue weighted by molar-refractivity contribution is -0.158. The number of aromatic nitrogens is 5. The van der Waals surface area contributed by atoms with Gasteiger partial charge in [-0.15, -0.1) is 0 Å². The van der Waals surface area contributed by atoms with Crippen molar-refractivity contribution in [1.29, 1.82) is 0 Å². The first-order valence-corrected chi connectivity index (χ1v) is 8.40. The Hall–Kier alpha value is -3.09. The smallest absolute Gasteiger partial charge is 0.335 e. The predicted molar refractivity (Wildman–Crippen MR) is 86.5 cm³/mol. The summed E-state index contributed by atoms with van der Waals surface area (Å²) in [5.41, 5.74) is -1.10. The molecule has 0 unspecified atom stereocenters. The number of likely N-dealkylation sites (tertiary alicyclic amines) is 1. The molecule has 0 spiro atoms. The molecule has 8 nitrogen and oxygen atoms in total.